The van der Waals surface area contributed by atoms with Crippen LogP contribution in [0.1, 0.15) is 32.6 Å². The molecule has 0 aromatic carbocycles. The molecule has 0 unspecified atom stereocenters. The Labute approximate surface area is 145 Å². The highest BCUT2D eigenvalue weighted by Gasteiger charge is 2.75. The molecule has 0 N–H and O–H groups in total. The Bertz CT molecular complexity index is 466. The maximum atomic E-state index is 13.1. The molecule has 0 aliphatic rings. The lowest BCUT2D eigenvalue weighted by Gasteiger charge is -2.32. The van der Waals surface area contributed by atoms with E-state index in [-0.39, 0.29) is 18.6 Å². The molecule has 0 heterocycles. The van der Waals surface area contributed by atoms with Gasteiger partial charge in [0.15, 0.2) is 0 Å². The molecule has 0 aromatic rings. The lowest BCUT2D eigenvalue weighted by Crippen LogP contribution is -2.59. The molecule has 0 fully saturated rings. The van der Waals surface area contributed by atoms with Crippen LogP contribution >= 0.6 is 0 Å². The van der Waals surface area contributed by atoms with Gasteiger partial charge in [-0.1, -0.05) is 13.0 Å². The molecule has 3 nitrogen and oxygen atoms in total. The summed E-state index contributed by atoms with van der Waals surface area (Å²) in [5.41, 5.74) is 0.230. The highest BCUT2D eigenvalue weighted by molar-refractivity contribution is 5.86. The van der Waals surface area contributed by atoms with E-state index < -0.39 is 43.4 Å². The largest absolute Gasteiger partial charge is 0.462 e. The third-order valence-electron chi connectivity index (χ3n) is 3.20. The maximum absolute atomic E-state index is 13.1. The summed E-state index contributed by atoms with van der Waals surface area (Å²) in [6.45, 7) is 2.39. The van der Waals surface area contributed by atoms with Gasteiger partial charge < -0.3 is 9.47 Å². The number of alkyl halides is 8. The Kier molecular flexibility index (Phi) is 9.54. The van der Waals surface area contributed by atoms with Crippen LogP contribution in [0, 0.1) is 0 Å². The van der Waals surface area contributed by atoms with Gasteiger partial charge in [0.1, 0.15) is 6.61 Å². The van der Waals surface area contributed by atoms with Gasteiger partial charge in [-0.15, -0.1) is 0 Å². The minimum absolute atomic E-state index is 0.111. The summed E-state index contributed by atoms with van der Waals surface area (Å²) in [5, 5.41) is 0. The van der Waals surface area contributed by atoms with Gasteiger partial charge >= 0.3 is 30.2 Å². The van der Waals surface area contributed by atoms with Crippen molar-refractivity contribution in [2.24, 2.45) is 0 Å². The Morgan fingerprint density at radius 1 is 0.962 bits per heavy atom. The van der Waals surface area contributed by atoms with Crippen molar-refractivity contribution in [1.29, 1.82) is 0 Å². The van der Waals surface area contributed by atoms with Crippen molar-refractivity contribution in [3.05, 3.63) is 12.2 Å². The second-order valence-electron chi connectivity index (χ2n) is 5.59. The number of ether oxygens (including phenoxy) is 2. The van der Waals surface area contributed by atoms with Gasteiger partial charge in [0.25, 0.3) is 0 Å². The lowest BCUT2D eigenvalue weighted by molar-refractivity contribution is -0.346. The Hall–Kier alpha value is -1.39. The smallest absolute Gasteiger partial charge is 0.380 e. The Morgan fingerprint density at radius 2 is 1.46 bits per heavy atom. The van der Waals surface area contributed by atoms with E-state index in [2.05, 4.69) is 11.3 Å². The first-order valence-corrected chi connectivity index (χ1v) is 7.59. The van der Waals surface area contributed by atoms with Crippen molar-refractivity contribution >= 4 is 5.97 Å². The first-order valence-electron chi connectivity index (χ1n) is 7.59. The molecule has 0 spiro atoms. The number of carbonyl (C=O) groups is 1. The van der Waals surface area contributed by atoms with E-state index in [0.29, 0.717) is 19.3 Å². The van der Waals surface area contributed by atoms with Crippen LogP contribution in [0.5, 0.6) is 0 Å². The van der Waals surface area contributed by atoms with E-state index in [1.165, 1.54) is 6.92 Å². The second kappa shape index (κ2) is 10.1. The van der Waals surface area contributed by atoms with Crippen LogP contribution in [0.2, 0.25) is 0 Å². The topological polar surface area (TPSA) is 35.5 Å². The first kappa shape index (κ1) is 24.6. The quantitative estimate of drug-likeness (QED) is 0.192. The van der Waals surface area contributed by atoms with Crippen molar-refractivity contribution in [3.63, 3.8) is 0 Å². The van der Waals surface area contributed by atoms with Crippen molar-refractivity contribution in [2.45, 2.75) is 56.8 Å². The molecular formula is C15H20F8O3. The number of rotatable bonds is 13. The van der Waals surface area contributed by atoms with Crippen LogP contribution in [0.25, 0.3) is 0 Å². The van der Waals surface area contributed by atoms with Crippen molar-refractivity contribution in [3.8, 4) is 0 Å². The third kappa shape index (κ3) is 6.73. The van der Waals surface area contributed by atoms with E-state index >= 15 is 0 Å². The van der Waals surface area contributed by atoms with Crippen LogP contribution in [0.15, 0.2) is 12.2 Å². The molecule has 11 heteroatoms. The van der Waals surface area contributed by atoms with E-state index in [0.717, 1.165) is 0 Å². The van der Waals surface area contributed by atoms with Gasteiger partial charge in [-0.2, -0.15) is 26.3 Å². The molecule has 0 aromatic heterocycles. The molecule has 0 aliphatic heterocycles. The minimum atomic E-state index is -6.25. The van der Waals surface area contributed by atoms with E-state index in [9.17, 15) is 39.9 Å². The van der Waals surface area contributed by atoms with Gasteiger partial charge in [0.05, 0.1) is 6.61 Å². The van der Waals surface area contributed by atoms with Crippen LogP contribution in [0.3, 0.4) is 0 Å². The Balaban J connectivity index is 4.06. The molecular weight excluding hydrogens is 380 g/mol. The van der Waals surface area contributed by atoms with Crippen molar-refractivity contribution in [1.82, 2.24) is 0 Å². The molecule has 0 radical (unpaired) electrons. The number of hydrogen-bond acceptors (Lipinski definition) is 3. The molecule has 0 saturated carbocycles. The van der Waals surface area contributed by atoms with Crippen molar-refractivity contribution in [2.75, 3.05) is 19.8 Å². The summed E-state index contributed by atoms with van der Waals surface area (Å²) < 4.78 is 110. The van der Waals surface area contributed by atoms with Gasteiger partial charge in [0, 0.05) is 12.2 Å². The van der Waals surface area contributed by atoms with Crippen LogP contribution in [-0.4, -0.2) is 50.0 Å². The first-order chi connectivity index (χ1) is 11.8. The molecule has 0 bridgehead atoms. The normalized spacial score (nSPS) is 13.2. The zero-order chi connectivity index (χ0) is 20.6. The van der Waals surface area contributed by atoms with Gasteiger partial charge in [-0.25, -0.2) is 13.6 Å². The van der Waals surface area contributed by atoms with E-state index in [4.69, 9.17) is 4.74 Å². The molecule has 0 aliphatic carbocycles. The molecule has 0 amide bonds. The average molecular weight is 400 g/mol. The lowest BCUT2D eigenvalue weighted by atomic mass is 10.1. The molecule has 0 saturated heterocycles. The highest BCUT2D eigenvalue weighted by atomic mass is 19.4. The van der Waals surface area contributed by atoms with Gasteiger partial charge in [-0.3, -0.25) is 0 Å². The molecule has 26 heavy (non-hydrogen) atoms. The zero-order valence-electron chi connectivity index (χ0n) is 14.0. The van der Waals surface area contributed by atoms with Crippen LogP contribution in [-0.2, 0) is 14.3 Å². The minimum Gasteiger partial charge on any atom is -0.462 e. The molecule has 154 valence electrons. The summed E-state index contributed by atoms with van der Waals surface area (Å²) in [7, 11) is 0. The van der Waals surface area contributed by atoms with Crippen LogP contribution < -0.4 is 0 Å². The monoisotopic (exact) mass is 400 g/mol. The number of carbonyl (C=O) groups excluding carboxylic acids is 1. The zero-order valence-corrected chi connectivity index (χ0v) is 14.0. The summed E-state index contributed by atoms with van der Waals surface area (Å²) in [6.07, 6.45) is -3.44. The van der Waals surface area contributed by atoms with E-state index in [1.54, 1.807) is 0 Å². The number of halogens is 8. The summed E-state index contributed by atoms with van der Waals surface area (Å²) in [5.74, 6) is -18.4. The van der Waals surface area contributed by atoms with Crippen molar-refractivity contribution < 1.29 is 49.4 Å². The highest BCUT2D eigenvalue weighted by Crippen LogP contribution is 2.48. The molecule has 0 rings (SSSR count). The summed E-state index contributed by atoms with van der Waals surface area (Å²) >= 11 is 0. The predicted molar refractivity (Wildman–Crippen MR) is 75.9 cm³/mol. The summed E-state index contributed by atoms with van der Waals surface area (Å²) in [6, 6.07) is 0. The number of unbranched alkanes of at least 4 members (excludes halogenated alkanes) is 3. The fraction of sp³-hybridized carbons (Fsp3) is 0.800. The van der Waals surface area contributed by atoms with Gasteiger partial charge in [-0.05, 0) is 26.2 Å². The molecule has 0 atom stereocenters. The maximum Gasteiger partial charge on any atom is 0.380 e. The van der Waals surface area contributed by atoms with Crippen LogP contribution in [0.4, 0.5) is 35.1 Å². The number of hydrogen-bond donors (Lipinski definition) is 0. The standard InChI is InChI=1S/C15H20F8O3/c1-10(2)11(24)26-8-6-4-3-5-7-25-9-13(18,19)15(22,23)14(20,21)12(16)17/h12H,1,3-9H2,2H3. The van der Waals surface area contributed by atoms with E-state index in [1.807, 2.05) is 0 Å². The third-order valence-corrected chi connectivity index (χ3v) is 3.20. The average Bonchev–Trinajstić information content (AvgIpc) is 2.52. The fourth-order valence-corrected chi connectivity index (χ4v) is 1.62. The summed E-state index contributed by atoms with van der Waals surface area (Å²) in [4.78, 5) is 11.0. The fourth-order valence-electron chi connectivity index (χ4n) is 1.62. The van der Waals surface area contributed by atoms with Gasteiger partial charge in [0.2, 0.25) is 0 Å². The predicted octanol–water partition coefficient (Wildman–Crippen LogP) is 4.85. The Morgan fingerprint density at radius 3 is 1.92 bits per heavy atom. The second-order valence-corrected chi connectivity index (χ2v) is 5.59. The number of esters is 1. The SMILES string of the molecule is C=C(C)C(=O)OCCCCCCOCC(F)(F)C(F)(F)C(F)(F)C(F)F.